The maximum absolute atomic E-state index is 10.7. The number of phenols is 1. The SMILES string of the molecule is COc1c(/C=C/C(=O)O)cc(-c2ccccc2)c(O)c1OC. The van der Waals surface area contributed by atoms with E-state index in [1.807, 2.05) is 30.3 Å². The van der Waals surface area contributed by atoms with Gasteiger partial charge in [0.2, 0.25) is 5.75 Å². The maximum Gasteiger partial charge on any atom is 0.328 e. The van der Waals surface area contributed by atoms with Crippen molar-refractivity contribution in [2.24, 2.45) is 0 Å². The van der Waals surface area contributed by atoms with Gasteiger partial charge in [-0.15, -0.1) is 0 Å². The first-order valence-electron chi connectivity index (χ1n) is 6.52. The molecule has 5 nitrogen and oxygen atoms in total. The van der Waals surface area contributed by atoms with Crippen LogP contribution in [0.1, 0.15) is 5.56 Å². The topological polar surface area (TPSA) is 76.0 Å². The molecule has 0 bridgehead atoms. The predicted molar refractivity (Wildman–Crippen MR) is 83.3 cm³/mol. The minimum Gasteiger partial charge on any atom is -0.504 e. The van der Waals surface area contributed by atoms with Crippen LogP contribution in [0.4, 0.5) is 0 Å². The van der Waals surface area contributed by atoms with Gasteiger partial charge in [0.15, 0.2) is 11.5 Å². The quantitative estimate of drug-likeness (QED) is 0.829. The van der Waals surface area contributed by atoms with Crippen molar-refractivity contribution in [1.29, 1.82) is 0 Å². The summed E-state index contributed by atoms with van der Waals surface area (Å²) in [4.78, 5) is 10.7. The standard InChI is InChI=1S/C17H16O5/c1-21-16-12(8-9-14(18)19)10-13(15(20)17(16)22-2)11-6-4-3-5-7-11/h3-10,20H,1-2H3,(H,18,19)/b9-8+. The molecule has 0 fully saturated rings. The number of phenolic OH excluding ortho intramolecular Hbond substituents is 1. The van der Waals surface area contributed by atoms with Crippen molar-refractivity contribution in [1.82, 2.24) is 0 Å². The van der Waals surface area contributed by atoms with Gasteiger partial charge in [-0.1, -0.05) is 30.3 Å². The van der Waals surface area contributed by atoms with Crippen molar-refractivity contribution in [3.05, 3.63) is 48.0 Å². The summed E-state index contributed by atoms with van der Waals surface area (Å²) in [5, 5.41) is 19.2. The Balaban J connectivity index is 2.70. The average molecular weight is 300 g/mol. The number of methoxy groups -OCH3 is 2. The van der Waals surface area contributed by atoms with Crippen LogP contribution in [0.3, 0.4) is 0 Å². The van der Waals surface area contributed by atoms with Crippen LogP contribution in [0.25, 0.3) is 17.2 Å². The van der Waals surface area contributed by atoms with Gasteiger partial charge in [0, 0.05) is 17.2 Å². The highest BCUT2D eigenvalue weighted by molar-refractivity contribution is 5.88. The summed E-state index contributed by atoms with van der Waals surface area (Å²) in [5.41, 5.74) is 1.81. The van der Waals surface area contributed by atoms with Crippen molar-refractivity contribution in [3.8, 4) is 28.4 Å². The van der Waals surface area contributed by atoms with Crippen molar-refractivity contribution in [3.63, 3.8) is 0 Å². The van der Waals surface area contributed by atoms with Gasteiger partial charge in [0.05, 0.1) is 14.2 Å². The number of hydrogen-bond acceptors (Lipinski definition) is 4. The molecule has 2 rings (SSSR count). The second kappa shape index (κ2) is 6.67. The van der Waals surface area contributed by atoms with E-state index < -0.39 is 5.97 Å². The van der Waals surface area contributed by atoms with E-state index in [0.29, 0.717) is 11.1 Å². The van der Waals surface area contributed by atoms with Crippen LogP contribution in [0, 0.1) is 0 Å². The zero-order chi connectivity index (χ0) is 16.1. The minimum atomic E-state index is -1.07. The lowest BCUT2D eigenvalue weighted by molar-refractivity contribution is -0.131. The summed E-state index contributed by atoms with van der Waals surface area (Å²) < 4.78 is 10.5. The van der Waals surface area contributed by atoms with Gasteiger partial charge >= 0.3 is 5.97 Å². The third-order valence-corrected chi connectivity index (χ3v) is 3.14. The van der Waals surface area contributed by atoms with E-state index in [-0.39, 0.29) is 17.2 Å². The number of aromatic hydroxyl groups is 1. The van der Waals surface area contributed by atoms with Crippen LogP contribution >= 0.6 is 0 Å². The van der Waals surface area contributed by atoms with Crippen molar-refractivity contribution < 1.29 is 24.5 Å². The maximum atomic E-state index is 10.7. The van der Waals surface area contributed by atoms with Gasteiger partial charge in [-0.2, -0.15) is 0 Å². The number of carboxylic acids is 1. The summed E-state index contributed by atoms with van der Waals surface area (Å²) >= 11 is 0. The molecule has 0 aliphatic carbocycles. The fourth-order valence-electron chi connectivity index (χ4n) is 2.17. The largest absolute Gasteiger partial charge is 0.504 e. The van der Waals surface area contributed by atoms with Crippen LogP contribution in [0.5, 0.6) is 17.2 Å². The van der Waals surface area contributed by atoms with Gasteiger partial charge in [-0.3, -0.25) is 0 Å². The highest BCUT2D eigenvalue weighted by atomic mass is 16.5. The van der Waals surface area contributed by atoms with Gasteiger partial charge in [0.1, 0.15) is 0 Å². The summed E-state index contributed by atoms with van der Waals surface area (Å²) in [6.07, 6.45) is 2.40. The van der Waals surface area contributed by atoms with Crippen LogP contribution < -0.4 is 9.47 Å². The van der Waals surface area contributed by atoms with Gasteiger partial charge in [-0.25, -0.2) is 4.79 Å². The first-order valence-corrected chi connectivity index (χ1v) is 6.52. The molecule has 0 radical (unpaired) electrons. The zero-order valence-electron chi connectivity index (χ0n) is 12.2. The fourth-order valence-corrected chi connectivity index (χ4v) is 2.17. The second-order valence-electron chi connectivity index (χ2n) is 4.47. The molecule has 0 aromatic heterocycles. The Labute approximate surface area is 128 Å². The van der Waals surface area contributed by atoms with Gasteiger partial charge in [0.25, 0.3) is 0 Å². The van der Waals surface area contributed by atoms with E-state index in [2.05, 4.69) is 0 Å². The average Bonchev–Trinajstić information content (AvgIpc) is 2.53. The Bertz CT molecular complexity index is 705. The van der Waals surface area contributed by atoms with Gasteiger partial charge < -0.3 is 19.7 Å². The fraction of sp³-hybridized carbons (Fsp3) is 0.118. The van der Waals surface area contributed by atoms with E-state index in [1.165, 1.54) is 20.3 Å². The van der Waals surface area contributed by atoms with E-state index in [4.69, 9.17) is 14.6 Å². The molecule has 0 unspecified atom stereocenters. The molecular weight excluding hydrogens is 284 g/mol. The molecule has 114 valence electrons. The van der Waals surface area contributed by atoms with Crippen LogP contribution in [0.2, 0.25) is 0 Å². The number of rotatable bonds is 5. The van der Waals surface area contributed by atoms with Crippen molar-refractivity contribution >= 4 is 12.0 Å². The number of aliphatic carboxylic acids is 1. The summed E-state index contributed by atoms with van der Waals surface area (Å²) in [6, 6.07) is 10.9. The normalized spacial score (nSPS) is 10.6. The number of carbonyl (C=O) groups is 1. The van der Waals surface area contributed by atoms with Crippen LogP contribution in [-0.4, -0.2) is 30.4 Å². The Morgan fingerprint density at radius 3 is 2.27 bits per heavy atom. The molecule has 22 heavy (non-hydrogen) atoms. The predicted octanol–water partition coefficient (Wildman–Crippen LogP) is 3.17. The third-order valence-electron chi connectivity index (χ3n) is 3.14. The number of hydrogen-bond donors (Lipinski definition) is 2. The molecule has 0 atom stereocenters. The van der Waals surface area contributed by atoms with Crippen molar-refractivity contribution in [2.45, 2.75) is 0 Å². The van der Waals surface area contributed by atoms with E-state index in [1.54, 1.807) is 6.07 Å². The molecular formula is C17H16O5. The van der Waals surface area contributed by atoms with E-state index >= 15 is 0 Å². The summed E-state index contributed by atoms with van der Waals surface area (Å²) in [7, 11) is 2.84. The molecule has 0 saturated heterocycles. The molecule has 0 aliphatic heterocycles. The molecule has 5 heteroatoms. The van der Waals surface area contributed by atoms with Crippen molar-refractivity contribution in [2.75, 3.05) is 14.2 Å². The molecule has 2 N–H and O–H groups in total. The Kier molecular flexibility index (Phi) is 4.68. The Morgan fingerprint density at radius 2 is 1.73 bits per heavy atom. The minimum absolute atomic E-state index is 0.0574. The monoisotopic (exact) mass is 300 g/mol. The number of ether oxygens (including phenoxy) is 2. The molecule has 0 spiro atoms. The van der Waals surface area contributed by atoms with Crippen LogP contribution in [0.15, 0.2) is 42.5 Å². The Hall–Kier alpha value is -2.95. The molecule has 0 saturated carbocycles. The van der Waals surface area contributed by atoms with E-state index in [9.17, 15) is 9.90 Å². The smallest absolute Gasteiger partial charge is 0.328 e. The number of benzene rings is 2. The number of carboxylic acid groups (broad SMARTS) is 1. The van der Waals surface area contributed by atoms with Crippen LogP contribution in [-0.2, 0) is 4.79 Å². The Morgan fingerprint density at radius 1 is 1.09 bits per heavy atom. The summed E-state index contributed by atoms with van der Waals surface area (Å²) in [6.45, 7) is 0. The molecule has 0 aliphatic rings. The highest BCUT2D eigenvalue weighted by Gasteiger charge is 2.19. The first kappa shape index (κ1) is 15.4. The second-order valence-corrected chi connectivity index (χ2v) is 4.47. The molecule has 0 heterocycles. The highest BCUT2D eigenvalue weighted by Crippen LogP contribution is 2.46. The summed E-state index contributed by atoms with van der Waals surface area (Å²) in [5.74, 6) is -0.695. The lowest BCUT2D eigenvalue weighted by Crippen LogP contribution is -1.96. The third kappa shape index (κ3) is 3.03. The molecule has 2 aromatic rings. The zero-order valence-corrected chi connectivity index (χ0v) is 12.2. The van der Waals surface area contributed by atoms with E-state index in [0.717, 1.165) is 11.6 Å². The molecule has 0 amide bonds. The lowest BCUT2D eigenvalue weighted by atomic mass is 10.00. The van der Waals surface area contributed by atoms with Gasteiger partial charge in [-0.05, 0) is 17.7 Å². The molecule has 2 aromatic carbocycles. The first-order chi connectivity index (χ1) is 10.6. The lowest BCUT2D eigenvalue weighted by Gasteiger charge is -2.16.